The molecule has 2 bridgehead atoms. The van der Waals surface area contributed by atoms with Crippen LogP contribution in [-0.4, -0.2) is 59.7 Å². The molecule has 5 heterocycles. The van der Waals surface area contributed by atoms with Crippen LogP contribution in [0, 0.1) is 11.8 Å². The summed E-state index contributed by atoms with van der Waals surface area (Å²) in [7, 11) is 0. The molecule has 4 aliphatic heterocycles. The van der Waals surface area contributed by atoms with E-state index >= 15 is 0 Å². The molecule has 0 aliphatic carbocycles. The minimum atomic E-state index is -0.725. The molecule has 2 saturated heterocycles. The lowest BCUT2D eigenvalue weighted by atomic mass is 9.77. The Morgan fingerprint density at radius 2 is 2.00 bits per heavy atom. The fourth-order valence-electron chi connectivity index (χ4n) is 6.01. The van der Waals surface area contributed by atoms with Gasteiger partial charge in [-0.05, 0) is 30.2 Å². The maximum atomic E-state index is 13.5. The number of aromatic nitrogens is 1. The molecule has 1 aromatic heterocycles. The molecule has 2 amide bonds. The van der Waals surface area contributed by atoms with Crippen LogP contribution in [0.2, 0.25) is 0 Å². The molecule has 35 heavy (non-hydrogen) atoms. The maximum absolute atomic E-state index is 13.5. The average molecular weight is 472 g/mol. The van der Waals surface area contributed by atoms with Crippen LogP contribution in [0.5, 0.6) is 11.5 Å². The lowest BCUT2D eigenvalue weighted by molar-refractivity contribution is -0.135. The zero-order valence-corrected chi connectivity index (χ0v) is 19.0. The second-order valence-corrected chi connectivity index (χ2v) is 9.62. The molecular formula is C27H25N3O5. The van der Waals surface area contributed by atoms with Gasteiger partial charge in [-0.3, -0.25) is 9.59 Å². The fourth-order valence-corrected chi connectivity index (χ4v) is 6.01. The van der Waals surface area contributed by atoms with E-state index in [-0.39, 0.29) is 11.8 Å². The minimum Gasteiger partial charge on any atom is -0.486 e. The van der Waals surface area contributed by atoms with Crippen molar-refractivity contribution in [2.45, 2.75) is 18.1 Å². The molecule has 0 saturated carbocycles. The van der Waals surface area contributed by atoms with E-state index in [4.69, 9.17) is 14.2 Å². The Morgan fingerprint density at radius 3 is 2.91 bits per heavy atom. The van der Waals surface area contributed by atoms with Crippen LogP contribution in [0.1, 0.15) is 5.56 Å². The van der Waals surface area contributed by atoms with Gasteiger partial charge in [-0.2, -0.15) is 0 Å². The van der Waals surface area contributed by atoms with Crippen LogP contribution in [0.15, 0.2) is 60.8 Å². The molecular weight excluding hydrogens is 446 g/mol. The molecule has 0 radical (unpaired) electrons. The first kappa shape index (κ1) is 20.6. The van der Waals surface area contributed by atoms with E-state index in [1.54, 1.807) is 18.2 Å². The lowest BCUT2D eigenvalue weighted by Crippen LogP contribution is -2.41. The van der Waals surface area contributed by atoms with E-state index < -0.39 is 23.5 Å². The van der Waals surface area contributed by atoms with E-state index in [2.05, 4.69) is 16.4 Å². The van der Waals surface area contributed by atoms with Gasteiger partial charge in [0.25, 0.3) is 0 Å². The largest absolute Gasteiger partial charge is 0.486 e. The Morgan fingerprint density at radius 1 is 1.14 bits per heavy atom. The van der Waals surface area contributed by atoms with Crippen molar-refractivity contribution < 1.29 is 23.8 Å². The molecule has 2 aromatic carbocycles. The van der Waals surface area contributed by atoms with Crippen molar-refractivity contribution in [3.8, 4) is 11.5 Å². The second-order valence-electron chi connectivity index (χ2n) is 9.62. The van der Waals surface area contributed by atoms with Gasteiger partial charge in [0.05, 0.1) is 24.5 Å². The topological polar surface area (TPSA) is 92.9 Å². The molecule has 4 atom stereocenters. The number of hydrogen-bond donors (Lipinski definition) is 2. The van der Waals surface area contributed by atoms with Crippen molar-refractivity contribution >= 4 is 28.4 Å². The van der Waals surface area contributed by atoms with E-state index in [9.17, 15) is 9.59 Å². The number of nitrogens with zero attached hydrogens (tertiary/aromatic N) is 1. The third-order valence-electron chi connectivity index (χ3n) is 7.62. The highest BCUT2D eigenvalue weighted by Crippen LogP contribution is 2.52. The summed E-state index contributed by atoms with van der Waals surface area (Å²) < 4.78 is 17.5. The van der Waals surface area contributed by atoms with Crippen molar-refractivity contribution in [2.75, 3.05) is 31.6 Å². The predicted octanol–water partition coefficient (Wildman–Crippen LogP) is 2.90. The van der Waals surface area contributed by atoms with Crippen LogP contribution in [0.3, 0.4) is 0 Å². The first-order valence-electron chi connectivity index (χ1n) is 12.0. The lowest BCUT2D eigenvalue weighted by Gasteiger charge is -2.24. The normalized spacial score (nSPS) is 28.1. The van der Waals surface area contributed by atoms with Gasteiger partial charge < -0.3 is 29.4 Å². The molecule has 8 heteroatoms. The number of benzene rings is 2. The zero-order chi connectivity index (χ0) is 23.6. The summed E-state index contributed by atoms with van der Waals surface area (Å²) >= 11 is 0. The van der Waals surface area contributed by atoms with Crippen LogP contribution in [0.4, 0.5) is 5.69 Å². The molecule has 2 N–H and O–H groups in total. The minimum absolute atomic E-state index is 0.0148. The quantitative estimate of drug-likeness (QED) is 0.559. The number of ether oxygens (including phenoxy) is 3. The van der Waals surface area contributed by atoms with E-state index in [0.717, 1.165) is 11.9 Å². The Bertz CT molecular complexity index is 1380. The van der Waals surface area contributed by atoms with Gasteiger partial charge in [0.2, 0.25) is 11.8 Å². The van der Waals surface area contributed by atoms with Gasteiger partial charge >= 0.3 is 0 Å². The van der Waals surface area contributed by atoms with Crippen LogP contribution < -0.4 is 14.8 Å². The standard InChI is InChI=1S/C27H25N3O5/c31-25(29-17-5-6-20-22(13-17)34-12-11-33-20)23-21-7-9-27(35-21)15-30(26(32)24(23)27)10-8-16-14-28-19-4-2-1-3-18(16)19/h1-7,9,13-14,21,23-24,28H,8,10-12,15H2,(H,29,31). The number of amides is 2. The molecule has 2 fully saturated rings. The third kappa shape index (κ3) is 3.16. The highest BCUT2D eigenvalue weighted by atomic mass is 16.6. The van der Waals surface area contributed by atoms with E-state index in [0.29, 0.717) is 43.5 Å². The Hall–Kier alpha value is -3.78. The van der Waals surface area contributed by atoms with Crippen molar-refractivity contribution in [1.29, 1.82) is 0 Å². The maximum Gasteiger partial charge on any atom is 0.231 e. The zero-order valence-electron chi connectivity index (χ0n) is 19.0. The van der Waals surface area contributed by atoms with Gasteiger partial charge in [0.15, 0.2) is 11.5 Å². The number of fused-ring (bicyclic) bond motifs is 3. The number of hydrogen-bond acceptors (Lipinski definition) is 5. The summed E-state index contributed by atoms with van der Waals surface area (Å²) in [4.78, 5) is 32.1. The number of likely N-dealkylation sites (tertiary alicyclic amines) is 1. The second kappa shape index (κ2) is 7.61. The first-order valence-corrected chi connectivity index (χ1v) is 12.0. The summed E-state index contributed by atoms with van der Waals surface area (Å²) in [6.07, 6.45) is 6.27. The third-order valence-corrected chi connectivity index (χ3v) is 7.62. The van der Waals surface area contributed by atoms with Gasteiger partial charge in [-0.15, -0.1) is 0 Å². The molecule has 7 rings (SSSR count). The van der Waals surface area contributed by atoms with Crippen molar-refractivity contribution in [1.82, 2.24) is 9.88 Å². The van der Waals surface area contributed by atoms with Crippen molar-refractivity contribution in [2.24, 2.45) is 11.8 Å². The Kier molecular flexibility index (Phi) is 4.48. The number of para-hydroxylation sites is 1. The number of rotatable bonds is 5. The van der Waals surface area contributed by atoms with Gasteiger partial charge in [0.1, 0.15) is 18.8 Å². The molecule has 1 spiro atoms. The highest BCUT2D eigenvalue weighted by molar-refractivity contribution is 5.99. The summed E-state index contributed by atoms with van der Waals surface area (Å²) in [6, 6.07) is 13.5. The number of nitrogens with one attached hydrogen (secondary N) is 2. The average Bonchev–Trinajstić information content (AvgIpc) is 3.62. The molecule has 178 valence electrons. The van der Waals surface area contributed by atoms with Gasteiger partial charge in [-0.1, -0.05) is 30.4 Å². The molecule has 8 nitrogen and oxygen atoms in total. The van der Waals surface area contributed by atoms with Crippen LogP contribution in [-0.2, 0) is 20.7 Å². The van der Waals surface area contributed by atoms with E-state index in [1.165, 1.54) is 10.9 Å². The Balaban J connectivity index is 1.09. The van der Waals surface area contributed by atoms with Crippen LogP contribution in [0.25, 0.3) is 10.9 Å². The predicted molar refractivity (Wildman–Crippen MR) is 128 cm³/mol. The van der Waals surface area contributed by atoms with Gasteiger partial charge in [-0.25, -0.2) is 0 Å². The Labute approximate surface area is 201 Å². The number of aromatic amines is 1. The number of H-pyrrole nitrogens is 1. The SMILES string of the molecule is O=C(Nc1ccc2c(c1)OCCO2)C1C2C=CC3(CN(CCc4c[nH]c5ccccc45)C(=O)C13)O2. The molecule has 4 unspecified atom stereocenters. The summed E-state index contributed by atoms with van der Waals surface area (Å²) in [5.41, 5.74) is 2.15. The summed E-state index contributed by atoms with van der Waals surface area (Å²) in [5.74, 6) is -0.0450. The first-order chi connectivity index (χ1) is 17.1. The fraction of sp³-hybridized carbons (Fsp3) is 0.333. The molecule has 4 aliphatic rings. The van der Waals surface area contributed by atoms with E-state index in [1.807, 2.05) is 41.4 Å². The van der Waals surface area contributed by atoms with Gasteiger partial charge in [0, 0.05) is 35.4 Å². The van der Waals surface area contributed by atoms with Crippen molar-refractivity contribution in [3.63, 3.8) is 0 Å². The van der Waals surface area contributed by atoms with Crippen molar-refractivity contribution in [3.05, 3.63) is 66.4 Å². The summed E-state index contributed by atoms with van der Waals surface area (Å²) in [5, 5.41) is 4.15. The summed E-state index contributed by atoms with van der Waals surface area (Å²) in [6.45, 7) is 2.03. The highest BCUT2D eigenvalue weighted by Gasteiger charge is 2.66. The number of anilines is 1. The number of carbonyl (C=O) groups excluding carboxylic acids is 2. The smallest absolute Gasteiger partial charge is 0.231 e. The monoisotopic (exact) mass is 471 g/mol. The van der Waals surface area contributed by atoms with Crippen LogP contribution >= 0.6 is 0 Å². The number of carbonyl (C=O) groups is 2. The molecule has 3 aromatic rings.